The number of nitrogens with zero attached hydrogens (tertiary/aromatic N) is 2. The fourth-order valence-electron chi connectivity index (χ4n) is 5.69. The van der Waals surface area contributed by atoms with Gasteiger partial charge in [-0.05, 0) is 37.3 Å². The summed E-state index contributed by atoms with van der Waals surface area (Å²) in [6, 6.07) is 10.6. The van der Waals surface area contributed by atoms with Crippen LogP contribution >= 0.6 is 0 Å². The molecule has 3 aromatic rings. The minimum absolute atomic E-state index is 0.0315. The Bertz CT molecular complexity index is 1610. The highest BCUT2D eigenvalue weighted by atomic mass is 19.3. The topological polar surface area (TPSA) is 149 Å². The SMILES string of the molecule is COc1ccc2c(c1)O[C@@H](c1ccc(C(=O)N(CCO)CCO)cn1)C[C@H]2NC(=O)[C@@]1(C)COc2cc3c(cc21)OC(F)(F)O3. The number of aromatic nitrogens is 1. The number of nitrogens with one attached hydrogen (secondary N) is 1. The molecule has 0 saturated heterocycles. The van der Waals surface area contributed by atoms with Crippen molar-refractivity contribution in [2.24, 2.45) is 0 Å². The molecule has 0 bridgehead atoms. The number of benzene rings is 2. The highest BCUT2D eigenvalue weighted by Crippen LogP contribution is 2.50. The molecule has 3 N–H and O–H groups in total. The number of aliphatic hydroxyl groups is 2. The smallest absolute Gasteiger partial charge is 0.497 e. The Morgan fingerprint density at radius 1 is 1.04 bits per heavy atom. The number of aliphatic hydroxyl groups excluding tert-OH is 2. The molecule has 0 saturated carbocycles. The van der Waals surface area contributed by atoms with E-state index in [0.717, 1.165) is 0 Å². The molecule has 3 atom stereocenters. The molecule has 2 aromatic carbocycles. The maximum Gasteiger partial charge on any atom is 0.586 e. The number of rotatable bonds is 9. The van der Waals surface area contributed by atoms with Crippen LogP contribution in [0.25, 0.3) is 0 Å². The lowest BCUT2D eigenvalue weighted by atomic mass is 9.82. The molecule has 6 rings (SSSR count). The lowest BCUT2D eigenvalue weighted by Crippen LogP contribution is -2.46. The number of hydrogen-bond acceptors (Lipinski definition) is 10. The van der Waals surface area contributed by atoms with Gasteiger partial charge in [0.15, 0.2) is 11.5 Å². The van der Waals surface area contributed by atoms with Crippen LogP contribution in [0.5, 0.6) is 28.7 Å². The predicted molar refractivity (Wildman–Crippen MR) is 152 cm³/mol. The molecule has 238 valence electrons. The van der Waals surface area contributed by atoms with Crippen LogP contribution in [0.2, 0.25) is 0 Å². The van der Waals surface area contributed by atoms with Crippen LogP contribution in [0.4, 0.5) is 8.78 Å². The van der Waals surface area contributed by atoms with E-state index in [1.54, 1.807) is 37.3 Å². The van der Waals surface area contributed by atoms with E-state index in [2.05, 4.69) is 19.8 Å². The minimum Gasteiger partial charge on any atom is -0.497 e. The first-order chi connectivity index (χ1) is 21.5. The summed E-state index contributed by atoms with van der Waals surface area (Å²) in [5, 5.41) is 21.6. The number of alkyl halides is 2. The maximum atomic E-state index is 13.9. The van der Waals surface area contributed by atoms with Crippen LogP contribution < -0.4 is 29.0 Å². The molecule has 0 radical (unpaired) electrons. The number of carbonyl (C=O) groups excluding carboxylic acids is 2. The number of pyridine rings is 1. The van der Waals surface area contributed by atoms with Gasteiger partial charge in [0.25, 0.3) is 5.91 Å². The van der Waals surface area contributed by atoms with E-state index in [4.69, 9.17) is 14.2 Å². The Hall–Kier alpha value is -4.69. The molecular formula is C31H31F2N3O9. The third-order valence-electron chi connectivity index (χ3n) is 8.13. The summed E-state index contributed by atoms with van der Waals surface area (Å²) in [6.07, 6.45) is -2.75. The number of amides is 2. The minimum atomic E-state index is -3.81. The maximum absolute atomic E-state index is 13.9. The molecule has 1 aromatic heterocycles. The molecule has 12 nitrogen and oxygen atoms in total. The van der Waals surface area contributed by atoms with Gasteiger partial charge in [-0.25, -0.2) is 0 Å². The van der Waals surface area contributed by atoms with E-state index >= 15 is 0 Å². The van der Waals surface area contributed by atoms with E-state index in [1.807, 2.05) is 0 Å². The fraction of sp³-hybridized carbons (Fsp3) is 0.387. The summed E-state index contributed by atoms with van der Waals surface area (Å²) < 4.78 is 53.9. The zero-order chi connectivity index (χ0) is 31.9. The molecule has 0 unspecified atom stereocenters. The number of carbonyl (C=O) groups is 2. The third kappa shape index (κ3) is 5.66. The molecule has 3 aliphatic heterocycles. The van der Waals surface area contributed by atoms with E-state index < -0.39 is 29.8 Å². The first kappa shape index (κ1) is 30.3. The third-order valence-corrected chi connectivity index (χ3v) is 8.13. The molecule has 4 heterocycles. The average Bonchev–Trinajstić information content (AvgIpc) is 3.53. The van der Waals surface area contributed by atoms with Crippen LogP contribution in [0.1, 0.15) is 52.7 Å². The quantitative estimate of drug-likeness (QED) is 0.323. The summed E-state index contributed by atoms with van der Waals surface area (Å²) in [5.41, 5.74) is 0.627. The monoisotopic (exact) mass is 627 g/mol. The van der Waals surface area contributed by atoms with Gasteiger partial charge in [0, 0.05) is 49.0 Å². The Kier molecular flexibility index (Phi) is 7.87. The van der Waals surface area contributed by atoms with Crippen molar-refractivity contribution in [3.8, 4) is 28.7 Å². The van der Waals surface area contributed by atoms with Crippen LogP contribution in [0, 0.1) is 0 Å². The second-order valence-electron chi connectivity index (χ2n) is 11.1. The molecule has 45 heavy (non-hydrogen) atoms. The van der Waals surface area contributed by atoms with Crippen molar-refractivity contribution in [1.29, 1.82) is 0 Å². The van der Waals surface area contributed by atoms with Gasteiger partial charge in [-0.15, -0.1) is 8.78 Å². The van der Waals surface area contributed by atoms with Crippen LogP contribution in [-0.2, 0) is 10.2 Å². The number of methoxy groups -OCH3 is 1. The van der Waals surface area contributed by atoms with E-state index in [0.29, 0.717) is 28.3 Å². The van der Waals surface area contributed by atoms with Crippen molar-refractivity contribution < 1.29 is 52.3 Å². The standard InChI is InChI=1S/C31H31F2N3O9/c1-30(16-42-24-14-27-26(12-20(24)30)44-31(32,33)45-27)29(40)35-22-13-25(43-23-11-18(41-2)4-5-19(22)23)21-6-3-17(15-34-21)28(39)36(7-9-37)8-10-38/h3-6,11-12,14-15,22,25,37-38H,7-10,13,16H2,1-2H3,(H,35,40)/t22-,25-,30+/m1/s1. The number of halogens is 2. The van der Waals surface area contributed by atoms with Crippen molar-refractivity contribution in [3.05, 3.63) is 71.0 Å². The van der Waals surface area contributed by atoms with E-state index in [9.17, 15) is 28.6 Å². The van der Waals surface area contributed by atoms with Gasteiger partial charge in [0.1, 0.15) is 35.4 Å². The summed E-state index contributed by atoms with van der Waals surface area (Å²) in [4.78, 5) is 32.6. The summed E-state index contributed by atoms with van der Waals surface area (Å²) in [7, 11) is 1.52. The largest absolute Gasteiger partial charge is 0.586 e. The molecule has 0 fully saturated rings. The van der Waals surface area contributed by atoms with Gasteiger partial charge < -0.3 is 44.1 Å². The molecule has 14 heteroatoms. The Morgan fingerprint density at radius 3 is 2.44 bits per heavy atom. The predicted octanol–water partition coefficient (Wildman–Crippen LogP) is 2.87. The summed E-state index contributed by atoms with van der Waals surface area (Å²) >= 11 is 0. The Balaban J connectivity index is 1.25. The van der Waals surface area contributed by atoms with Gasteiger partial charge in [0.2, 0.25) is 5.91 Å². The van der Waals surface area contributed by atoms with Gasteiger partial charge in [0.05, 0.1) is 37.6 Å². The summed E-state index contributed by atoms with van der Waals surface area (Å²) in [5.74, 6) is 0.108. The number of fused-ring (bicyclic) bond motifs is 3. The van der Waals surface area contributed by atoms with E-state index in [-0.39, 0.29) is 68.1 Å². The molecule has 2 amide bonds. The van der Waals surface area contributed by atoms with Gasteiger partial charge in [-0.1, -0.05) is 0 Å². The highest BCUT2D eigenvalue weighted by Gasteiger charge is 2.49. The lowest BCUT2D eigenvalue weighted by Gasteiger charge is -2.34. The summed E-state index contributed by atoms with van der Waals surface area (Å²) in [6.45, 7) is 1.26. The first-order valence-corrected chi connectivity index (χ1v) is 14.2. The van der Waals surface area contributed by atoms with Gasteiger partial charge in [-0.2, -0.15) is 0 Å². The van der Waals surface area contributed by atoms with Gasteiger partial charge in [-0.3, -0.25) is 14.6 Å². The van der Waals surface area contributed by atoms with Crippen molar-refractivity contribution >= 4 is 11.8 Å². The molecule has 3 aliphatic rings. The van der Waals surface area contributed by atoms with Crippen LogP contribution in [0.3, 0.4) is 0 Å². The fourth-order valence-corrected chi connectivity index (χ4v) is 5.69. The van der Waals surface area contributed by atoms with Crippen LogP contribution in [0.15, 0.2) is 48.7 Å². The zero-order valence-corrected chi connectivity index (χ0v) is 24.4. The van der Waals surface area contributed by atoms with Crippen molar-refractivity contribution in [2.75, 3.05) is 40.0 Å². The molecule has 0 spiro atoms. The second-order valence-corrected chi connectivity index (χ2v) is 11.1. The van der Waals surface area contributed by atoms with Crippen molar-refractivity contribution in [2.45, 2.75) is 37.2 Å². The molecule has 0 aliphatic carbocycles. The highest BCUT2D eigenvalue weighted by molar-refractivity contribution is 5.94. The lowest BCUT2D eigenvalue weighted by molar-refractivity contribution is -0.286. The number of hydrogen-bond donors (Lipinski definition) is 3. The van der Waals surface area contributed by atoms with Crippen LogP contribution in [-0.4, -0.2) is 78.2 Å². The van der Waals surface area contributed by atoms with Crippen molar-refractivity contribution in [3.63, 3.8) is 0 Å². The second kappa shape index (κ2) is 11.7. The zero-order valence-electron chi connectivity index (χ0n) is 24.4. The Morgan fingerprint density at radius 2 is 1.78 bits per heavy atom. The van der Waals surface area contributed by atoms with Crippen molar-refractivity contribution in [1.82, 2.24) is 15.2 Å². The first-order valence-electron chi connectivity index (χ1n) is 14.2. The average molecular weight is 628 g/mol. The van der Waals surface area contributed by atoms with E-state index in [1.165, 1.54) is 30.3 Å². The van der Waals surface area contributed by atoms with Gasteiger partial charge >= 0.3 is 6.29 Å². The normalized spacial score (nSPS) is 22.0. The molecular weight excluding hydrogens is 596 g/mol. The Labute approximate surface area is 256 Å². The number of ether oxygens (including phenoxy) is 5.